The van der Waals surface area contributed by atoms with Gasteiger partial charge in [-0.1, -0.05) is 26.0 Å². The zero-order chi connectivity index (χ0) is 21.9. The first kappa shape index (κ1) is 22.9. The minimum Gasteiger partial charge on any atom is -0.444 e. The molecule has 1 aliphatic rings. The second kappa shape index (κ2) is 8.57. The molecule has 2 amide bonds. The number of ether oxygens (including phenoxy) is 1. The molecule has 0 atom stereocenters. The molecule has 0 saturated heterocycles. The van der Waals surface area contributed by atoms with Crippen molar-refractivity contribution in [2.45, 2.75) is 64.9 Å². The van der Waals surface area contributed by atoms with Crippen LogP contribution in [-0.4, -0.2) is 29.8 Å². The van der Waals surface area contributed by atoms with Crippen LogP contribution in [-0.2, 0) is 14.9 Å². The molecule has 1 aliphatic carbocycles. The molecule has 0 radical (unpaired) electrons. The van der Waals surface area contributed by atoms with Crippen LogP contribution in [0.5, 0.6) is 0 Å². The smallest absolute Gasteiger partial charge is 0.412 e. The number of hydrazine groups is 1. The number of thiocarbonyl (C=S) groups is 1. The van der Waals surface area contributed by atoms with Crippen LogP contribution in [0.4, 0.5) is 10.5 Å². The third-order valence-corrected chi connectivity index (χ3v) is 5.10. The molecule has 1 aromatic carbocycles. The van der Waals surface area contributed by atoms with E-state index < -0.39 is 11.7 Å². The predicted molar refractivity (Wildman–Crippen MR) is 119 cm³/mol. The maximum atomic E-state index is 12.5. The molecule has 1 fully saturated rings. The summed E-state index contributed by atoms with van der Waals surface area (Å²) < 4.78 is 5.33. The molecule has 7 nitrogen and oxygen atoms in total. The third-order valence-electron chi connectivity index (χ3n) is 4.80. The largest absolute Gasteiger partial charge is 0.444 e. The Hall–Kier alpha value is -2.35. The molecule has 0 aliphatic heterocycles. The number of rotatable bonds is 4. The third kappa shape index (κ3) is 6.59. The highest BCUT2D eigenvalue weighted by molar-refractivity contribution is 7.80. The lowest BCUT2D eigenvalue weighted by Crippen LogP contribution is -2.52. The molecule has 1 aromatic rings. The SMILES string of the molecule is CNC(=S)NNC(=O)CC1(c2cccc(NC(=O)OC(C)(C)C)c2)CC(C)(C)C1. The van der Waals surface area contributed by atoms with Crippen LogP contribution in [0.15, 0.2) is 24.3 Å². The first-order valence-electron chi connectivity index (χ1n) is 9.71. The van der Waals surface area contributed by atoms with E-state index in [1.165, 1.54) is 0 Å². The number of anilines is 1. The van der Waals surface area contributed by atoms with Gasteiger partial charge in [0.2, 0.25) is 5.91 Å². The minimum absolute atomic E-state index is 0.136. The van der Waals surface area contributed by atoms with Gasteiger partial charge in [0.05, 0.1) is 0 Å². The van der Waals surface area contributed by atoms with Gasteiger partial charge in [-0.05, 0) is 68.9 Å². The van der Waals surface area contributed by atoms with Crippen molar-refractivity contribution in [3.05, 3.63) is 29.8 Å². The lowest BCUT2D eigenvalue weighted by Gasteiger charge is -2.53. The van der Waals surface area contributed by atoms with Crippen molar-refractivity contribution in [2.24, 2.45) is 5.41 Å². The van der Waals surface area contributed by atoms with Gasteiger partial charge in [-0.15, -0.1) is 0 Å². The van der Waals surface area contributed by atoms with Crippen LogP contribution in [0.2, 0.25) is 0 Å². The summed E-state index contributed by atoms with van der Waals surface area (Å²) in [6.07, 6.45) is 1.57. The second-order valence-corrected chi connectivity index (χ2v) is 9.84. The van der Waals surface area contributed by atoms with E-state index in [0.29, 0.717) is 17.2 Å². The normalized spacial score (nSPS) is 16.8. The highest BCUT2D eigenvalue weighted by Gasteiger charge is 2.51. The summed E-state index contributed by atoms with van der Waals surface area (Å²) in [5.41, 5.74) is 6.30. The van der Waals surface area contributed by atoms with E-state index in [4.69, 9.17) is 17.0 Å². The first-order chi connectivity index (χ1) is 13.3. The zero-order valence-corrected chi connectivity index (χ0v) is 18.9. The van der Waals surface area contributed by atoms with E-state index >= 15 is 0 Å². The van der Waals surface area contributed by atoms with Crippen molar-refractivity contribution < 1.29 is 14.3 Å². The van der Waals surface area contributed by atoms with E-state index in [1.54, 1.807) is 7.05 Å². The first-order valence-corrected chi connectivity index (χ1v) is 10.1. The van der Waals surface area contributed by atoms with Gasteiger partial charge in [0, 0.05) is 24.6 Å². The standard InChI is InChI=1S/C21H32N4O3S/c1-19(2,3)28-18(27)23-15-9-7-8-14(10-15)21(12-20(4,5)13-21)11-16(26)24-25-17(29)22-6/h7-10H,11-13H2,1-6H3,(H,23,27)(H,24,26)(H2,22,25,29). The average Bonchev–Trinajstić information content (AvgIpc) is 2.56. The minimum atomic E-state index is -0.570. The summed E-state index contributed by atoms with van der Waals surface area (Å²) in [4.78, 5) is 24.6. The predicted octanol–water partition coefficient (Wildman–Crippen LogP) is 3.61. The van der Waals surface area contributed by atoms with Crippen molar-refractivity contribution in [3.63, 3.8) is 0 Å². The highest BCUT2D eigenvalue weighted by Crippen LogP contribution is 2.57. The van der Waals surface area contributed by atoms with Gasteiger partial charge in [-0.3, -0.25) is 21.0 Å². The van der Waals surface area contributed by atoms with Crippen LogP contribution >= 0.6 is 12.2 Å². The number of hydrogen-bond donors (Lipinski definition) is 4. The number of benzene rings is 1. The van der Waals surface area contributed by atoms with Gasteiger partial charge in [-0.25, -0.2) is 4.79 Å². The van der Waals surface area contributed by atoms with E-state index in [1.807, 2.05) is 45.0 Å². The summed E-state index contributed by atoms with van der Waals surface area (Å²) in [6, 6.07) is 7.64. The maximum absolute atomic E-state index is 12.5. The fourth-order valence-corrected chi connectivity index (χ4v) is 4.15. The number of carbonyl (C=O) groups is 2. The Morgan fingerprint density at radius 3 is 2.38 bits per heavy atom. The Kier molecular flexibility index (Phi) is 6.78. The van der Waals surface area contributed by atoms with Gasteiger partial charge >= 0.3 is 6.09 Å². The van der Waals surface area contributed by atoms with E-state index in [2.05, 4.69) is 35.3 Å². The molecule has 8 heteroatoms. The summed E-state index contributed by atoms with van der Waals surface area (Å²) in [6.45, 7) is 9.85. The number of amides is 2. The van der Waals surface area contributed by atoms with Gasteiger partial charge in [0.25, 0.3) is 0 Å². The van der Waals surface area contributed by atoms with Crippen LogP contribution < -0.4 is 21.5 Å². The summed E-state index contributed by atoms with van der Waals surface area (Å²) in [7, 11) is 1.68. The van der Waals surface area contributed by atoms with Crippen molar-refractivity contribution >= 4 is 35.0 Å². The number of hydrogen-bond acceptors (Lipinski definition) is 4. The lowest BCUT2D eigenvalue weighted by molar-refractivity contribution is -0.125. The van der Waals surface area contributed by atoms with Crippen molar-refractivity contribution in [1.29, 1.82) is 0 Å². The number of nitrogens with one attached hydrogen (secondary N) is 4. The summed E-state index contributed by atoms with van der Waals surface area (Å²) >= 11 is 4.99. The quantitative estimate of drug-likeness (QED) is 0.439. The molecule has 0 heterocycles. The Bertz CT molecular complexity index is 778. The molecule has 2 rings (SSSR count). The molecule has 0 aromatic heterocycles. The lowest BCUT2D eigenvalue weighted by atomic mass is 9.50. The summed E-state index contributed by atoms with van der Waals surface area (Å²) in [5.74, 6) is -0.136. The Labute approximate surface area is 178 Å². The van der Waals surface area contributed by atoms with Gasteiger partial charge in [0.1, 0.15) is 5.60 Å². The maximum Gasteiger partial charge on any atom is 0.412 e. The summed E-state index contributed by atoms with van der Waals surface area (Å²) in [5, 5.41) is 5.88. The Balaban J connectivity index is 2.15. The van der Waals surface area contributed by atoms with Crippen LogP contribution in [0.1, 0.15) is 59.4 Å². The van der Waals surface area contributed by atoms with Crippen molar-refractivity contribution in [3.8, 4) is 0 Å². The van der Waals surface area contributed by atoms with Crippen LogP contribution in [0.3, 0.4) is 0 Å². The van der Waals surface area contributed by atoms with Gasteiger partial charge in [0.15, 0.2) is 5.11 Å². The molecule has 29 heavy (non-hydrogen) atoms. The monoisotopic (exact) mass is 420 g/mol. The molecule has 0 spiro atoms. The molecule has 4 N–H and O–H groups in total. The number of carbonyl (C=O) groups excluding carboxylic acids is 2. The average molecular weight is 421 g/mol. The molecule has 0 bridgehead atoms. The van der Waals surface area contributed by atoms with Crippen LogP contribution in [0, 0.1) is 5.41 Å². The Morgan fingerprint density at radius 2 is 1.83 bits per heavy atom. The highest BCUT2D eigenvalue weighted by atomic mass is 32.1. The van der Waals surface area contributed by atoms with Gasteiger partial charge in [-0.2, -0.15) is 0 Å². The van der Waals surface area contributed by atoms with Crippen molar-refractivity contribution in [1.82, 2.24) is 16.2 Å². The molecule has 160 valence electrons. The second-order valence-electron chi connectivity index (χ2n) is 9.43. The Morgan fingerprint density at radius 1 is 1.17 bits per heavy atom. The van der Waals surface area contributed by atoms with E-state index in [0.717, 1.165) is 18.4 Å². The molecule has 0 unspecified atom stereocenters. The fourth-order valence-electron chi connectivity index (χ4n) is 4.10. The van der Waals surface area contributed by atoms with Gasteiger partial charge < -0.3 is 10.1 Å². The molecule has 1 saturated carbocycles. The van der Waals surface area contributed by atoms with E-state index in [9.17, 15) is 9.59 Å². The van der Waals surface area contributed by atoms with Crippen molar-refractivity contribution in [2.75, 3.05) is 12.4 Å². The topological polar surface area (TPSA) is 91.5 Å². The fraction of sp³-hybridized carbons (Fsp3) is 0.571. The molecular weight excluding hydrogens is 388 g/mol. The van der Waals surface area contributed by atoms with Crippen LogP contribution in [0.25, 0.3) is 0 Å². The van der Waals surface area contributed by atoms with E-state index in [-0.39, 0.29) is 16.7 Å². The zero-order valence-electron chi connectivity index (χ0n) is 18.1. The molecular formula is C21H32N4O3S.